The number of rotatable bonds is 8. The number of aryl methyl sites for hydroxylation is 2. The summed E-state index contributed by atoms with van der Waals surface area (Å²) in [6, 6.07) is 13.9. The van der Waals surface area contributed by atoms with Crippen molar-refractivity contribution in [2.75, 3.05) is 6.61 Å². The molecule has 33 heavy (non-hydrogen) atoms. The quantitative estimate of drug-likeness (QED) is 0.267. The van der Waals surface area contributed by atoms with Gasteiger partial charge >= 0.3 is 11.7 Å². The molecule has 0 bridgehead atoms. The van der Waals surface area contributed by atoms with E-state index in [2.05, 4.69) is 52.8 Å². The van der Waals surface area contributed by atoms with Crippen LogP contribution in [0.1, 0.15) is 76.1 Å². The van der Waals surface area contributed by atoms with Crippen molar-refractivity contribution in [2.45, 2.75) is 79.8 Å². The number of fused-ring (bicyclic) bond motifs is 1. The summed E-state index contributed by atoms with van der Waals surface area (Å²) in [6.07, 6.45) is 3.09. The molecule has 0 aliphatic rings. The average Bonchev–Trinajstić information content (AvgIpc) is 3.03. The van der Waals surface area contributed by atoms with E-state index in [1.165, 1.54) is 12.0 Å². The van der Waals surface area contributed by atoms with E-state index in [0.717, 1.165) is 35.0 Å². The first-order valence-electron chi connectivity index (χ1n) is 11.8. The molecule has 0 saturated heterocycles. The van der Waals surface area contributed by atoms with E-state index in [1.807, 2.05) is 28.8 Å². The molecule has 181 valence electrons. The van der Waals surface area contributed by atoms with Gasteiger partial charge in [-0.25, -0.2) is 4.79 Å². The molecule has 0 saturated carbocycles. The molecule has 0 aliphatic heterocycles. The van der Waals surface area contributed by atoms with E-state index < -0.39 is 0 Å². The first kappa shape index (κ1) is 28.6. The van der Waals surface area contributed by atoms with E-state index in [4.69, 9.17) is 4.74 Å². The van der Waals surface area contributed by atoms with Crippen LogP contribution in [0.2, 0.25) is 0 Å². The van der Waals surface area contributed by atoms with Gasteiger partial charge in [-0.1, -0.05) is 69.5 Å². The number of esters is 1. The monoisotopic (exact) mass is 679 g/mol. The van der Waals surface area contributed by atoms with Crippen LogP contribution < -0.4 is 5.69 Å². The van der Waals surface area contributed by atoms with Gasteiger partial charge in [0, 0.05) is 20.3 Å². The second-order valence-electron chi connectivity index (χ2n) is 8.32. The molecule has 0 N–H and O–H groups in total. The predicted molar refractivity (Wildman–Crippen MR) is 132 cm³/mol. The molecule has 5 nitrogen and oxygen atoms in total. The predicted octanol–water partition coefficient (Wildman–Crippen LogP) is 6.18. The van der Waals surface area contributed by atoms with Crippen molar-refractivity contribution in [3.8, 4) is 0 Å². The second kappa shape index (κ2) is 14.0. The second-order valence-corrected chi connectivity index (χ2v) is 8.32. The van der Waals surface area contributed by atoms with Gasteiger partial charge in [0.1, 0.15) is 0 Å². The number of hydrogen-bond donors (Lipinski definition) is 0. The smallest absolute Gasteiger partial charge is 0.329 e. The van der Waals surface area contributed by atoms with Crippen molar-refractivity contribution in [2.24, 2.45) is 0 Å². The van der Waals surface area contributed by atoms with E-state index in [9.17, 15) is 9.59 Å². The zero-order valence-corrected chi connectivity index (χ0v) is 24.0. The molecule has 0 spiro atoms. The van der Waals surface area contributed by atoms with E-state index in [-0.39, 0.29) is 38.4 Å². The van der Waals surface area contributed by atoms with Crippen LogP contribution in [0.15, 0.2) is 47.3 Å². The normalized spacial score (nSPS) is 11.3. The number of benzene rings is 2. The third-order valence-electron chi connectivity index (χ3n) is 5.40. The number of nitrogens with zero attached hydrogens (tertiary/aromatic N) is 2. The SMILES string of the molecule is CCC.CCCC(CC(=O)OCC)n1c(=O)n(Cc2cc(C)ccc2C)c2ccccc21.[Am]. The van der Waals surface area contributed by atoms with Crippen LogP contribution in [-0.4, -0.2) is 21.7 Å². The van der Waals surface area contributed by atoms with Crippen molar-refractivity contribution in [3.05, 3.63) is 69.6 Å². The molecule has 1 aromatic heterocycles. The van der Waals surface area contributed by atoms with Crippen LogP contribution in [0, 0.1) is 28.1 Å². The van der Waals surface area contributed by atoms with Crippen LogP contribution in [0.4, 0.5) is 0 Å². The fourth-order valence-corrected chi connectivity index (χ4v) is 3.95. The van der Waals surface area contributed by atoms with E-state index >= 15 is 0 Å². The Hall–Kier alpha value is -2.43. The molecule has 1 atom stereocenters. The molecule has 6 heteroatoms. The number of para-hydroxylation sites is 2. The topological polar surface area (TPSA) is 53.2 Å². The van der Waals surface area contributed by atoms with Crippen LogP contribution in [0.25, 0.3) is 11.0 Å². The minimum absolute atomic E-state index is 0. The number of carbonyl (C=O) groups excluding carboxylic acids is 1. The number of carbonyl (C=O) groups is 1. The first-order valence-corrected chi connectivity index (χ1v) is 11.8. The van der Waals surface area contributed by atoms with Gasteiger partial charge in [0.15, 0.2) is 0 Å². The first-order chi connectivity index (χ1) is 15.4. The van der Waals surface area contributed by atoms with Gasteiger partial charge in [0.25, 0.3) is 0 Å². The van der Waals surface area contributed by atoms with E-state index in [1.54, 1.807) is 11.5 Å². The van der Waals surface area contributed by atoms with Crippen molar-refractivity contribution >= 4 is 17.0 Å². The maximum absolute atomic E-state index is 13.5. The Bertz CT molecular complexity index is 1080. The van der Waals surface area contributed by atoms with E-state index in [0.29, 0.717) is 13.2 Å². The summed E-state index contributed by atoms with van der Waals surface area (Å²) in [5.74, 6) is -0.260. The Morgan fingerprint density at radius 2 is 1.64 bits per heavy atom. The molecular formula is C27H38AmN2O3. The fourth-order valence-electron chi connectivity index (χ4n) is 3.95. The summed E-state index contributed by atoms with van der Waals surface area (Å²) in [4.78, 5) is 25.7. The molecule has 0 fully saturated rings. The maximum atomic E-state index is 13.5. The van der Waals surface area contributed by atoms with Gasteiger partial charge in [-0.05, 0) is 50.5 Å². The molecule has 1 radical (unpaired) electrons. The Morgan fingerprint density at radius 1 is 1.00 bits per heavy atom. The van der Waals surface area contributed by atoms with Crippen LogP contribution in [-0.2, 0) is 16.1 Å². The Balaban J connectivity index is 0.00000129. The molecule has 0 amide bonds. The standard InChI is InChI=1S/C24H30N2O3.C3H8.Am/c1-5-9-20(15-23(27)29-6-2)26-22-11-8-7-10-21(22)25(24(26)28)16-19-14-17(3)12-13-18(19)4;1-3-2;/h7-8,10-14,20H,5-6,9,15-16H2,1-4H3;3H2,1-2H3;. The van der Waals surface area contributed by atoms with Gasteiger partial charge in [-0.15, -0.1) is 0 Å². The number of ether oxygens (including phenoxy) is 1. The summed E-state index contributed by atoms with van der Waals surface area (Å²) >= 11 is 0. The summed E-state index contributed by atoms with van der Waals surface area (Å²) in [5.41, 5.74) is 5.15. The number of hydrogen-bond acceptors (Lipinski definition) is 3. The summed E-state index contributed by atoms with van der Waals surface area (Å²) in [5, 5.41) is 0. The number of imidazole rings is 1. The number of aromatic nitrogens is 2. The van der Waals surface area contributed by atoms with Crippen LogP contribution in [0.5, 0.6) is 0 Å². The van der Waals surface area contributed by atoms with Crippen LogP contribution >= 0.6 is 0 Å². The Morgan fingerprint density at radius 3 is 2.24 bits per heavy atom. The summed E-state index contributed by atoms with van der Waals surface area (Å²) in [6.45, 7) is 13.1. The van der Waals surface area contributed by atoms with Gasteiger partial charge in [-0.2, -0.15) is 0 Å². The summed E-state index contributed by atoms with van der Waals surface area (Å²) < 4.78 is 8.78. The van der Waals surface area contributed by atoms with Gasteiger partial charge < -0.3 is 4.74 Å². The van der Waals surface area contributed by atoms with Crippen molar-refractivity contribution in [3.63, 3.8) is 0 Å². The van der Waals surface area contributed by atoms with Crippen molar-refractivity contribution in [1.82, 2.24) is 9.13 Å². The molecule has 3 rings (SSSR count). The molecule has 0 aliphatic carbocycles. The maximum Gasteiger partial charge on any atom is 0.329 e. The molecule has 1 heterocycles. The minimum Gasteiger partial charge on any atom is -0.466 e. The minimum atomic E-state index is -0.260. The van der Waals surface area contributed by atoms with Crippen molar-refractivity contribution in [1.29, 1.82) is 0 Å². The molecule has 1 unspecified atom stereocenters. The largest absolute Gasteiger partial charge is 0.466 e. The van der Waals surface area contributed by atoms with Crippen molar-refractivity contribution < 1.29 is 23.8 Å². The summed E-state index contributed by atoms with van der Waals surface area (Å²) in [7, 11) is 0. The molecule has 3 aromatic rings. The average molecular weight is 682 g/mol. The molecular weight excluding hydrogens is 643 g/mol. The van der Waals surface area contributed by atoms with Gasteiger partial charge in [-0.3, -0.25) is 13.9 Å². The third-order valence-corrected chi connectivity index (χ3v) is 5.40. The van der Waals surface area contributed by atoms with Gasteiger partial charge in [0.2, 0.25) is 0 Å². The zero-order chi connectivity index (χ0) is 23.7. The van der Waals surface area contributed by atoms with Gasteiger partial charge in [0.05, 0.1) is 30.6 Å². The fraction of sp³-hybridized carbons (Fsp3) is 0.481. The van der Waals surface area contributed by atoms with Crippen LogP contribution in [0.3, 0.4) is 0 Å². The zero-order valence-electron chi connectivity index (χ0n) is 20.9. The Kier molecular flexibility index (Phi) is 12.1. The Labute approximate surface area is 206 Å². The third kappa shape index (κ3) is 7.28. The molecule has 2 aromatic carbocycles.